The maximum atomic E-state index is 12.0. The minimum absolute atomic E-state index is 0.00826. The molecule has 0 fully saturated rings. The Morgan fingerprint density at radius 1 is 1.22 bits per heavy atom. The van der Waals surface area contributed by atoms with Gasteiger partial charge in [-0.05, 0) is 36.1 Å². The number of rotatable bonds is 3. The summed E-state index contributed by atoms with van der Waals surface area (Å²) < 4.78 is 0. The van der Waals surface area contributed by atoms with Crippen molar-refractivity contribution in [2.45, 2.75) is 31.7 Å². The van der Waals surface area contributed by atoms with Crippen LogP contribution in [0.3, 0.4) is 0 Å². The number of alkyl halides is 1. The molecule has 140 valence electrons. The topological polar surface area (TPSA) is 53.0 Å². The van der Waals surface area contributed by atoms with Gasteiger partial charge in [-0.3, -0.25) is 4.79 Å². The first-order chi connectivity index (χ1) is 13.0. The van der Waals surface area contributed by atoms with Crippen LogP contribution < -0.4 is 9.80 Å². The lowest BCUT2D eigenvalue weighted by molar-refractivity contribution is -0.117. The third kappa shape index (κ3) is 2.64. The van der Waals surface area contributed by atoms with Gasteiger partial charge in [0, 0.05) is 36.9 Å². The Morgan fingerprint density at radius 3 is 2.59 bits per heavy atom. The van der Waals surface area contributed by atoms with Gasteiger partial charge in [0.1, 0.15) is 0 Å². The number of amides is 1. The van der Waals surface area contributed by atoms with E-state index in [0.29, 0.717) is 0 Å². The molecule has 0 radical (unpaired) electrons. The van der Waals surface area contributed by atoms with E-state index in [1.807, 2.05) is 37.3 Å². The van der Waals surface area contributed by atoms with Crippen LogP contribution in [0, 0.1) is 11.8 Å². The summed E-state index contributed by atoms with van der Waals surface area (Å²) in [5.41, 5.74) is 7.22. The molecule has 0 bridgehead atoms. The fraction of sp³-hybridized carbons (Fsp3) is 0.381. The van der Waals surface area contributed by atoms with Gasteiger partial charge in [-0.25, -0.2) is 0 Å². The van der Waals surface area contributed by atoms with Crippen LogP contribution in [0.25, 0.3) is 11.1 Å². The van der Waals surface area contributed by atoms with Gasteiger partial charge in [-0.15, -0.1) is 16.5 Å². The average molecular weight is 384 g/mol. The lowest BCUT2D eigenvalue weighted by Crippen LogP contribution is -2.42. The second-order valence-corrected chi connectivity index (χ2v) is 7.84. The molecule has 2 unspecified atom stereocenters. The van der Waals surface area contributed by atoms with Gasteiger partial charge >= 0.3 is 0 Å². The average Bonchev–Trinajstić information content (AvgIpc) is 2.92. The molecule has 2 atom stereocenters. The van der Waals surface area contributed by atoms with Gasteiger partial charge in [0.2, 0.25) is 0 Å². The van der Waals surface area contributed by atoms with E-state index in [1.54, 1.807) is 0 Å². The summed E-state index contributed by atoms with van der Waals surface area (Å²) in [6.07, 6.45) is -0.00826. The minimum Gasteiger partial charge on any atom is -0.371 e. The summed E-state index contributed by atoms with van der Waals surface area (Å²) in [6.45, 7) is 5.99. The van der Waals surface area contributed by atoms with Gasteiger partial charge in [0.25, 0.3) is 5.91 Å². The Bertz CT molecular complexity index is 929. The fourth-order valence-electron chi connectivity index (χ4n) is 4.57. The molecule has 0 aliphatic carbocycles. The third-order valence-corrected chi connectivity index (χ3v) is 6.47. The number of carbonyl (C=O) groups is 1. The second-order valence-electron chi connectivity index (χ2n) is 7.37. The number of nitrogens with zero attached hydrogens (tertiary/aromatic N) is 3. The third-order valence-electron chi connectivity index (χ3n) is 5.89. The van der Waals surface area contributed by atoms with Crippen molar-refractivity contribution in [3.8, 4) is 11.1 Å². The first-order valence-corrected chi connectivity index (χ1v) is 9.62. The molecule has 2 aromatic carbocycles. The highest BCUT2D eigenvalue weighted by molar-refractivity contribution is 6.24. The van der Waals surface area contributed by atoms with E-state index in [2.05, 4.69) is 28.9 Å². The predicted molar refractivity (Wildman–Crippen MR) is 110 cm³/mol. The molecule has 1 amide bonds. The molecule has 2 heterocycles. The highest BCUT2D eigenvalue weighted by Gasteiger charge is 2.43. The molecular formula is C21H22ClN3O2. The maximum absolute atomic E-state index is 12.0. The fourth-order valence-corrected chi connectivity index (χ4v) is 4.92. The lowest BCUT2D eigenvalue weighted by atomic mass is 9.85. The predicted octanol–water partition coefficient (Wildman–Crippen LogP) is 4.44. The van der Waals surface area contributed by atoms with E-state index in [9.17, 15) is 9.70 Å². The molecule has 0 saturated carbocycles. The second kappa shape index (κ2) is 6.64. The lowest BCUT2D eigenvalue weighted by Gasteiger charge is -2.38. The van der Waals surface area contributed by atoms with Crippen LogP contribution in [-0.2, 0) is 11.2 Å². The SMILES string of the molecule is Cc1c(CC(=O)N=O)c(-c2ccccc2)c2c3c1N(C)CCN3C(C)C2Cl. The summed E-state index contributed by atoms with van der Waals surface area (Å²) in [4.78, 5) is 27.4. The Labute approximate surface area is 163 Å². The van der Waals surface area contributed by atoms with Crippen molar-refractivity contribution in [2.24, 2.45) is 5.18 Å². The molecule has 4 rings (SSSR count). The number of nitroso groups, excluding NO2 is 1. The molecule has 2 aliphatic heterocycles. The number of benzene rings is 2. The number of halogens is 1. The van der Waals surface area contributed by atoms with Crippen molar-refractivity contribution in [2.75, 3.05) is 29.9 Å². The van der Waals surface area contributed by atoms with Crippen LogP contribution in [0.1, 0.15) is 29.0 Å². The van der Waals surface area contributed by atoms with Gasteiger partial charge < -0.3 is 9.80 Å². The largest absolute Gasteiger partial charge is 0.371 e. The summed E-state index contributed by atoms with van der Waals surface area (Å²) in [7, 11) is 2.07. The molecule has 27 heavy (non-hydrogen) atoms. The number of hydrogen-bond acceptors (Lipinski definition) is 4. The molecule has 2 aromatic rings. The van der Waals surface area contributed by atoms with Gasteiger partial charge in [0.15, 0.2) is 0 Å². The van der Waals surface area contributed by atoms with E-state index in [-0.39, 0.29) is 17.8 Å². The molecular weight excluding hydrogens is 362 g/mol. The number of likely N-dealkylation sites (N-methyl/N-ethyl adjacent to an activating group) is 1. The molecule has 0 saturated heterocycles. The Balaban J connectivity index is 2.09. The van der Waals surface area contributed by atoms with Gasteiger partial charge in [0.05, 0.1) is 23.2 Å². The summed E-state index contributed by atoms with van der Waals surface area (Å²) in [5, 5.41) is 2.46. The van der Waals surface area contributed by atoms with E-state index in [0.717, 1.165) is 46.6 Å². The van der Waals surface area contributed by atoms with Crippen molar-refractivity contribution in [1.29, 1.82) is 0 Å². The van der Waals surface area contributed by atoms with Gasteiger partial charge in [-0.2, -0.15) is 0 Å². The van der Waals surface area contributed by atoms with Crippen LogP contribution in [0.2, 0.25) is 0 Å². The monoisotopic (exact) mass is 383 g/mol. The van der Waals surface area contributed by atoms with E-state index in [1.165, 1.54) is 5.69 Å². The smallest absolute Gasteiger partial charge is 0.290 e. The van der Waals surface area contributed by atoms with Crippen LogP contribution in [0.5, 0.6) is 0 Å². The molecule has 0 aromatic heterocycles. The highest BCUT2D eigenvalue weighted by atomic mass is 35.5. The van der Waals surface area contributed by atoms with Crippen molar-refractivity contribution in [3.05, 3.63) is 51.9 Å². The maximum Gasteiger partial charge on any atom is 0.290 e. The first kappa shape index (κ1) is 18.0. The zero-order valence-electron chi connectivity index (χ0n) is 15.7. The van der Waals surface area contributed by atoms with Crippen molar-refractivity contribution < 1.29 is 4.79 Å². The highest BCUT2D eigenvalue weighted by Crippen LogP contribution is 2.56. The number of carbonyl (C=O) groups excluding carboxylic acids is 1. The Hall–Kier alpha value is -2.40. The molecule has 6 heteroatoms. The molecule has 0 N–H and O–H groups in total. The zero-order chi connectivity index (χ0) is 19.3. The summed E-state index contributed by atoms with van der Waals surface area (Å²) >= 11 is 6.93. The van der Waals surface area contributed by atoms with Crippen LogP contribution >= 0.6 is 11.6 Å². The summed E-state index contributed by atoms with van der Waals surface area (Å²) in [5.74, 6) is -0.657. The first-order valence-electron chi connectivity index (χ1n) is 9.18. The van der Waals surface area contributed by atoms with Crippen molar-refractivity contribution in [3.63, 3.8) is 0 Å². The molecule has 0 spiro atoms. The Morgan fingerprint density at radius 2 is 1.93 bits per heavy atom. The summed E-state index contributed by atoms with van der Waals surface area (Å²) in [6, 6.07) is 10.2. The molecule has 5 nitrogen and oxygen atoms in total. The minimum atomic E-state index is -0.657. The normalized spacial score (nSPS) is 20.6. The van der Waals surface area contributed by atoms with Crippen molar-refractivity contribution in [1.82, 2.24) is 0 Å². The number of hydrogen-bond donors (Lipinski definition) is 0. The van der Waals surface area contributed by atoms with E-state index < -0.39 is 5.91 Å². The van der Waals surface area contributed by atoms with Crippen LogP contribution in [-0.4, -0.2) is 32.1 Å². The standard InChI is InChI=1S/C21H22ClN3O2/c1-12-15(11-16(26)23-27)17(14-7-5-4-6-8-14)18-19(22)13(2)25-10-9-24(3)20(12)21(18)25/h4-8,13,19H,9-11H2,1-3H3. The van der Waals surface area contributed by atoms with Crippen molar-refractivity contribution >= 4 is 28.9 Å². The van der Waals surface area contributed by atoms with Gasteiger partial charge in [-0.1, -0.05) is 30.3 Å². The Kier molecular flexibility index (Phi) is 4.42. The van der Waals surface area contributed by atoms with Crippen LogP contribution in [0.4, 0.5) is 11.4 Å². The van der Waals surface area contributed by atoms with E-state index >= 15 is 0 Å². The van der Waals surface area contributed by atoms with E-state index in [4.69, 9.17) is 11.6 Å². The van der Waals surface area contributed by atoms with Crippen LogP contribution in [0.15, 0.2) is 35.5 Å². The number of anilines is 2. The zero-order valence-corrected chi connectivity index (χ0v) is 16.5. The quantitative estimate of drug-likeness (QED) is 0.581. The molecule has 2 aliphatic rings.